The van der Waals surface area contributed by atoms with E-state index in [-0.39, 0.29) is 6.61 Å². The van der Waals surface area contributed by atoms with Gasteiger partial charge in [0, 0.05) is 12.2 Å². The largest absolute Gasteiger partial charge is 0.467 e. The number of aromatic nitrogens is 1. The molecule has 3 rings (SSSR count). The van der Waals surface area contributed by atoms with Crippen molar-refractivity contribution in [2.75, 3.05) is 4.90 Å². The Kier molecular flexibility index (Phi) is 3.02. The van der Waals surface area contributed by atoms with E-state index in [1.165, 1.54) is 12.8 Å². The molecule has 1 fully saturated rings. The number of aliphatic hydroxyl groups excluding tert-OH is 1. The van der Waals surface area contributed by atoms with Gasteiger partial charge in [0.2, 0.25) is 0 Å². The van der Waals surface area contributed by atoms with Crippen molar-refractivity contribution in [2.45, 2.75) is 32.0 Å². The number of hydrogen-bond acceptors (Lipinski definition) is 4. The van der Waals surface area contributed by atoms with Crippen LogP contribution in [-0.4, -0.2) is 16.1 Å². The summed E-state index contributed by atoms with van der Waals surface area (Å²) in [6.45, 7) is 0.786. The first-order valence-corrected chi connectivity index (χ1v) is 6.21. The maximum Gasteiger partial charge on any atom is 0.129 e. The lowest BCUT2D eigenvalue weighted by Crippen LogP contribution is -2.25. The second kappa shape index (κ2) is 4.82. The first-order chi connectivity index (χ1) is 8.86. The highest BCUT2D eigenvalue weighted by Crippen LogP contribution is 2.32. The number of aliphatic hydroxyl groups is 1. The fourth-order valence-corrected chi connectivity index (χ4v) is 2.07. The standard InChI is InChI=1S/C14H16N2O2/c17-10-11-5-6-15-14(8-11)16(12-3-4-12)9-13-2-1-7-18-13/h1-2,5-8,12,17H,3-4,9-10H2. The number of pyridine rings is 1. The Bertz CT molecular complexity index is 506. The van der Waals surface area contributed by atoms with Crippen LogP contribution in [0.5, 0.6) is 0 Å². The molecule has 0 radical (unpaired) electrons. The van der Waals surface area contributed by atoms with Crippen molar-refractivity contribution in [2.24, 2.45) is 0 Å². The van der Waals surface area contributed by atoms with Crippen LogP contribution in [0.3, 0.4) is 0 Å². The van der Waals surface area contributed by atoms with Crippen molar-refractivity contribution >= 4 is 5.82 Å². The molecule has 2 aromatic heterocycles. The summed E-state index contributed by atoms with van der Waals surface area (Å²) in [6, 6.07) is 8.21. The Labute approximate surface area is 106 Å². The smallest absolute Gasteiger partial charge is 0.129 e. The first kappa shape index (κ1) is 11.3. The van der Waals surface area contributed by atoms with Crippen LogP contribution in [0.2, 0.25) is 0 Å². The maximum atomic E-state index is 9.19. The molecule has 2 aromatic rings. The minimum Gasteiger partial charge on any atom is -0.467 e. The van der Waals surface area contributed by atoms with E-state index in [2.05, 4.69) is 9.88 Å². The van der Waals surface area contributed by atoms with E-state index in [1.54, 1.807) is 12.5 Å². The van der Waals surface area contributed by atoms with Crippen LogP contribution in [0.25, 0.3) is 0 Å². The Morgan fingerprint density at radius 2 is 2.28 bits per heavy atom. The van der Waals surface area contributed by atoms with Gasteiger partial charge in [0.15, 0.2) is 0 Å². The zero-order chi connectivity index (χ0) is 12.4. The van der Waals surface area contributed by atoms with Crippen LogP contribution >= 0.6 is 0 Å². The monoisotopic (exact) mass is 244 g/mol. The highest BCUT2D eigenvalue weighted by atomic mass is 16.3. The van der Waals surface area contributed by atoms with Crippen molar-refractivity contribution in [3.8, 4) is 0 Å². The van der Waals surface area contributed by atoms with Crippen molar-refractivity contribution in [3.05, 3.63) is 48.0 Å². The molecule has 0 bridgehead atoms. The lowest BCUT2D eigenvalue weighted by atomic mass is 10.2. The first-order valence-electron chi connectivity index (χ1n) is 6.21. The third-order valence-electron chi connectivity index (χ3n) is 3.18. The lowest BCUT2D eigenvalue weighted by molar-refractivity contribution is 0.281. The third kappa shape index (κ3) is 2.38. The molecule has 1 aliphatic carbocycles. The normalized spacial score (nSPS) is 14.7. The molecular formula is C14H16N2O2. The van der Waals surface area contributed by atoms with Gasteiger partial charge in [-0.05, 0) is 42.7 Å². The van der Waals surface area contributed by atoms with Crippen molar-refractivity contribution in [1.82, 2.24) is 4.98 Å². The highest BCUT2D eigenvalue weighted by molar-refractivity contribution is 5.43. The van der Waals surface area contributed by atoms with Gasteiger partial charge in [-0.3, -0.25) is 0 Å². The quantitative estimate of drug-likeness (QED) is 0.877. The molecule has 0 atom stereocenters. The summed E-state index contributed by atoms with van der Waals surface area (Å²) in [5.74, 6) is 1.86. The van der Waals surface area contributed by atoms with Gasteiger partial charge < -0.3 is 14.4 Å². The van der Waals surface area contributed by atoms with Gasteiger partial charge in [-0.25, -0.2) is 4.98 Å². The van der Waals surface area contributed by atoms with Crippen LogP contribution in [0, 0.1) is 0 Å². The fraction of sp³-hybridized carbons (Fsp3) is 0.357. The molecule has 2 heterocycles. The Balaban J connectivity index is 1.84. The average molecular weight is 244 g/mol. The number of hydrogen-bond donors (Lipinski definition) is 1. The van der Waals surface area contributed by atoms with E-state index in [4.69, 9.17) is 4.42 Å². The molecule has 0 unspecified atom stereocenters. The summed E-state index contributed by atoms with van der Waals surface area (Å²) in [6.07, 6.45) is 5.84. The molecule has 1 N–H and O–H groups in total. The molecule has 94 valence electrons. The van der Waals surface area contributed by atoms with Gasteiger partial charge in [0.25, 0.3) is 0 Å². The van der Waals surface area contributed by atoms with E-state index in [1.807, 2.05) is 24.3 Å². The van der Waals surface area contributed by atoms with Crippen molar-refractivity contribution in [3.63, 3.8) is 0 Å². The van der Waals surface area contributed by atoms with Crippen LogP contribution in [0.15, 0.2) is 41.1 Å². The predicted molar refractivity (Wildman–Crippen MR) is 68.1 cm³/mol. The zero-order valence-corrected chi connectivity index (χ0v) is 10.1. The average Bonchev–Trinajstić information content (AvgIpc) is 3.13. The van der Waals surface area contributed by atoms with Crippen molar-refractivity contribution < 1.29 is 9.52 Å². The molecule has 4 heteroatoms. The predicted octanol–water partition coefficient (Wildman–Crippen LogP) is 2.34. The van der Waals surface area contributed by atoms with Crippen LogP contribution in [-0.2, 0) is 13.2 Å². The number of nitrogens with zero attached hydrogens (tertiary/aromatic N) is 2. The maximum absolute atomic E-state index is 9.19. The van der Waals surface area contributed by atoms with E-state index in [9.17, 15) is 5.11 Å². The summed E-state index contributed by atoms with van der Waals surface area (Å²) in [4.78, 5) is 6.65. The van der Waals surface area contributed by atoms with E-state index in [0.29, 0.717) is 6.04 Å². The van der Waals surface area contributed by atoms with Gasteiger partial charge in [0.05, 0.1) is 19.4 Å². The molecule has 0 amide bonds. The van der Waals surface area contributed by atoms with E-state index in [0.717, 1.165) is 23.7 Å². The molecule has 1 aliphatic rings. The topological polar surface area (TPSA) is 49.5 Å². The van der Waals surface area contributed by atoms with E-state index < -0.39 is 0 Å². The Morgan fingerprint density at radius 3 is 2.94 bits per heavy atom. The highest BCUT2D eigenvalue weighted by Gasteiger charge is 2.30. The van der Waals surface area contributed by atoms with Crippen LogP contribution in [0.4, 0.5) is 5.82 Å². The van der Waals surface area contributed by atoms with Gasteiger partial charge in [-0.2, -0.15) is 0 Å². The molecule has 1 saturated carbocycles. The number of rotatable bonds is 5. The summed E-state index contributed by atoms with van der Waals surface area (Å²) in [5.41, 5.74) is 0.894. The van der Waals surface area contributed by atoms with Gasteiger partial charge in [-0.15, -0.1) is 0 Å². The van der Waals surface area contributed by atoms with Crippen molar-refractivity contribution in [1.29, 1.82) is 0 Å². The van der Waals surface area contributed by atoms with E-state index >= 15 is 0 Å². The van der Waals surface area contributed by atoms with Crippen LogP contribution in [0.1, 0.15) is 24.2 Å². The SMILES string of the molecule is OCc1ccnc(N(Cc2ccco2)C2CC2)c1. The van der Waals surface area contributed by atoms with Gasteiger partial charge >= 0.3 is 0 Å². The summed E-state index contributed by atoms with van der Waals surface area (Å²) < 4.78 is 5.40. The second-order valence-electron chi connectivity index (χ2n) is 4.62. The zero-order valence-electron chi connectivity index (χ0n) is 10.1. The second-order valence-corrected chi connectivity index (χ2v) is 4.62. The molecular weight excluding hydrogens is 228 g/mol. The lowest BCUT2D eigenvalue weighted by Gasteiger charge is -2.22. The van der Waals surface area contributed by atoms with Gasteiger partial charge in [0.1, 0.15) is 11.6 Å². The molecule has 0 saturated heterocycles. The minimum absolute atomic E-state index is 0.0504. The number of anilines is 1. The van der Waals surface area contributed by atoms with Gasteiger partial charge in [-0.1, -0.05) is 0 Å². The summed E-state index contributed by atoms with van der Waals surface area (Å²) >= 11 is 0. The summed E-state index contributed by atoms with van der Waals surface area (Å²) in [5, 5.41) is 9.19. The molecule has 18 heavy (non-hydrogen) atoms. The minimum atomic E-state index is 0.0504. The van der Waals surface area contributed by atoms with Crippen LogP contribution < -0.4 is 4.90 Å². The molecule has 0 spiro atoms. The Hall–Kier alpha value is -1.81. The Morgan fingerprint density at radius 1 is 1.39 bits per heavy atom. The fourth-order valence-electron chi connectivity index (χ4n) is 2.07. The molecule has 0 aliphatic heterocycles. The number of furan rings is 1. The molecule has 0 aromatic carbocycles. The third-order valence-corrected chi connectivity index (χ3v) is 3.18. The molecule has 4 nitrogen and oxygen atoms in total. The summed E-state index contributed by atoms with van der Waals surface area (Å²) in [7, 11) is 0.